The van der Waals surface area contributed by atoms with Crippen LogP contribution in [0.2, 0.25) is 0 Å². The van der Waals surface area contributed by atoms with E-state index in [1.165, 1.54) is 6.20 Å². The number of carboxylic acid groups (broad SMARTS) is 1. The van der Waals surface area contributed by atoms with Crippen LogP contribution in [0.5, 0.6) is 0 Å². The number of nitrogens with zero attached hydrogens (tertiary/aromatic N) is 2. The van der Waals surface area contributed by atoms with E-state index in [1.807, 2.05) is 12.1 Å². The van der Waals surface area contributed by atoms with Crippen molar-refractivity contribution in [3.8, 4) is 0 Å². The summed E-state index contributed by atoms with van der Waals surface area (Å²) in [6.07, 6.45) is -8.75. The van der Waals surface area contributed by atoms with Crippen LogP contribution < -0.4 is 5.32 Å². The first-order valence-corrected chi connectivity index (χ1v) is 10.3. The second-order valence-corrected chi connectivity index (χ2v) is 7.98. The number of aliphatic hydroxyl groups excluding tert-OH is 3. The number of ether oxygens (including phenoxy) is 1. The molecule has 2 aromatic carbocycles. The van der Waals surface area contributed by atoms with Gasteiger partial charge in [0.1, 0.15) is 23.8 Å². The zero-order valence-electron chi connectivity index (χ0n) is 17.8. The maximum absolute atomic E-state index is 13.1. The summed E-state index contributed by atoms with van der Waals surface area (Å²) in [4.78, 5) is 23.5. The zero-order chi connectivity index (χ0) is 25.5. The van der Waals surface area contributed by atoms with Crippen molar-refractivity contribution < 1.29 is 47.9 Å². The minimum absolute atomic E-state index is 0.466. The van der Waals surface area contributed by atoms with Crippen LogP contribution in [0.1, 0.15) is 6.04 Å². The lowest BCUT2D eigenvalue weighted by molar-refractivity contribution is -0.178. The minimum Gasteiger partial charge on any atom is -0.478 e. The van der Waals surface area contributed by atoms with Crippen LogP contribution in [0.15, 0.2) is 54.4 Å². The Morgan fingerprint density at radius 3 is 2.49 bits per heavy atom. The number of nitrogens with one attached hydrogen (secondary N) is 1. The molecule has 5 atom stereocenters. The quantitative estimate of drug-likeness (QED) is 0.337. The number of carbonyl (C=O) groups is 2. The molecule has 1 aliphatic heterocycles. The largest absolute Gasteiger partial charge is 0.478 e. The van der Waals surface area contributed by atoms with Crippen molar-refractivity contribution in [1.29, 1.82) is 0 Å². The highest BCUT2D eigenvalue weighted by atomic mass is 19.4. The minimum atomic E-state index is -5.31. The molecule has 2 heterocycles. The average molecular weight is 495 g/mol. The van der Waals surface area contributed by atoms with E-state index in [0.29, 0.717) is 10.9 Å². The number of alkyl halides is 3. The Bertz CT molecular complexity index is 1310. The van der Waals surface area contributed by atoms with Gasteiger partial charge in [-0.15, -0.1) is 0 Å². The summed E-state index contributed by atoms with van der Waals surface area (Å²) >= 11 is 0. The first-order chi connectivity index (χ1) is 16.5. The van der Waals surface area contributed by atoms with E-state index >= 15 is 0 Å². The van der Waals surface area contributed by atoms with Gasteiger partial charge in [-0.3, -0.25) is 9.48 Å². The van der Waals surface area contributed by atoms with E-state index in [-0.39, 0.29) is 0 Å². The molecule has 3 aromatic rings. The Balaban J connectivity index is 1.87. The van der Waals surface area contributed by atoms with Gasteiger partial charge in [-0.25, -0.2) is 4.79 Å². The van der Waals surface area contributed by atoms with Gasteiger partial charge >= 0.3 is 18.1 Å². The Hall–Kier alpha value is -3.68. The smallest absolute Gasteiger partial charge is 0.471 e. The van der Waals surface area contributed by atoms with E-state index in [9.17, 15) is 43.2 Å². The number of carboxylic acids is 1. The number of hydrogen-bond acceptors (Lipinski definition) is 7. The molecule has 0 saturated carbocycles. The zero-order valence-corrected chi connectivity index (χ0v) is 17.8. The lowest BCUT2D eigenvalue weighted by Gasteiger charge is -2.40. The molecule has 1 amide bonds. The normalized spacial score (nSPS) is 22.3. The number of rotatable bonds is 6. The highest BCUT2D eigenvalue weighted by Gasteiger charge is 2.48. The second-order valence-electron chi connectivity index (χ2n) is 7.98. The predicted molar refractivity (Wildman–Crippen MR) is 114 cm³/mol. The molecule has 186 valence electrons. The first-order valence-electron chi connectivity index (χ1n) is 10.3. The monoisotopic (exact) mass is 495 g/mol. The number of aromatic nitrogens is 2. The molecular formula is C22H20F3N3O7. The number of halogens is 3. The first kappa shape index (κ1) is 24.4. The average Bonchev–Trinajstić information content (AvgIpc) is 3.27. The van der Waals surface area contributed by atoms with Gasteiger partial charge in [0.25, 0.3) is 0 Å². The highest BCUT2D eigenvalue weighted by Crippen LogP contribution is 2.33. The van der Waals surface area contributed by atoms with E-state index in [4.69, 9.17) is 4.74 Å². The third-order valence-corrected chi connectivity index (χ3v) is 5.72. The van der Waals surface area contributed by atoms with Crippen molar-refractivity contribution in [3.63, 3.8) is 0 Å². The standard InChI is InChI=1S/C22H20F3N3O7/c23-22(24,25)21(34)26-17-13(7-15(20(32)33)35-19(17)18(31)14(30)9-29)28-8-11-6-5-10-3-1-2-4-12(10)16(11)27-28/h1-8,13-14,17-19,29-31H,9H2,(H,26,34)(H,32,33)/t13-,14+,17+,18+,19+/m0/s1. The summed E-state index contributed by atoms with van der Waals surface area (Å²) in [5, 5.41) is 47.3. The summed E-state index contributed by atoms with van der Waals surface area (Å²) in [6, 6.07) is 7.61. The molecule has 0 spiro atoms. The number of hydrogen-bond donors (Lipinski definition) is 5. The molecule has 0 radical (unpaired) electrons. The Morgan fingerprint density at radius 2 is 1.83 bits per heavy atom. The topological polar surface area (TPSA) is 154 Å². The van der Waals surface area contributed by atoms with Crippen molar-refractivity contribution in [2.45, 2.75) is 36.6 Å². The van der Waals surface area contributed by atoms with Gasteiger partial charge in [-0.05, 0) is 11.5 Å². The van der Waals surface area contributed by atoms with Crippen LogP contribution in [-0.4, -0.2) is 79.2 Å². The van der Waals surface area contributed by atoms with Crippen LogP contribution >= 0.6 is 0 Å². The third kappa shape index (κ3) is 4.65. The van der Waals surface area contributed by atoms with Gasteiger partial charge in [0, 0.05) is 17.0 Å². The summed E-state index contributed by atoms with van der Waals surface area (Å²) in [5.41, 5.74) is 0.466. The lowest BCUT2D eigenvalue weighted by atomic mass is 9.92. The van der Waals surface area contributed by atoms with E-state index < -0.39 is 60.8 Å². The van der Waals surface area contributed by atoms with Gasteiger partial charge in [-0.1, -0.05) is 36.4 Å². The highest BCUT2D eigenvalue weighted by molar-refractivity contribution is 6.05. The molecule has 0 unspecified atom stereocenters. The van der Waals surface area contributed by atoms with Crippen LogP contribution in [0, 0.1) is 0 Å². The van der Waals surface area contributed by atoms with Gasteiger partial charge in [0.15, 0.2) is 0 Å². The molecule has 1 aromatic heterocycles. The number of benzene rings is 2. The molecule has 0 saturated heterocycles. The van der Waals surface area contributed by atoms with Crippen molar-refractivity contribution in [3.05, 3.63) is 54.4 Å². The summed E-state index contributed by atoms with van der Waals surface area (Å²) in [5.74, 6) is -4.72. The number of aliphatic carboxylic acids is 1. The predicted octanol–water partition coefficient (Wildman–Crippen LogP) is 0.859. The Labute approximate surface area is 194 Å². The number of amides is 1. The number of aliphatic hydroxyl groups is 3. The SMILES string of the molecule is O=C(O)C1=C[C@H](n2cc3ccc4ccccc4c3n2)[C@@H](NC(=O)C(F)(F)F)[C@H]([C@H](O)[C@H](O)CO)O1. The number of fused-ring (bicyclic) bond motifs is 3. The summed E-state index contributed by atoms with van der Waals surface area (Å²) in [7, 11) is 0. The Kier molecular flexibility index (Phi) is 6.40. The molecule has 0 aliphatic carbocycles. The van der Waals surface area contributed by atoms with Crippen LogP contribution in [0.4, 0.5) is 13.2 Å². The van der Waals surface area contributed by atoms with Gasteiger partial charge < -0.3 is 30.5 Å². The number of carbonyl (C=O) groups excluding carboxylic acids is 1. The molecule has 10 nitrogen and oxygen atoms in total. The second kappa shape index (κ2) is 9.17. The van der Waals surface area contributed by atoms with Crippen LogP contribution in [0.3, 0.4) is 0 Å². The molecule has 0 fully saturated rings. The van der Waals surface area contributed by atoms with E-state index in [0.717, 1.165) is 21.5 Å². The van der Waals surface area contributed by atoms with Crippen molar-refractivity contribution >= 4 is 33.6 Å². The fraction of sp³-hybridized carbons (Fsp3) is 0.318. The fourth-order valence-corrected chi connectivity index (χ4v) is 4.01. The van der Waals surface area contributed by atoms with Crippen molar-refractivity contribution in [1.82, 2.24) is 15.1 Å². The van der Waals surface area contributed by atoms with Gasteiger partial charge in [-0.2, -0.15) is 18.3 Å². The third-order valence-electron chi connectivity index (χ3n) is 5.72. The van der Waals surface area contributed by atoms with Crippen molar-refractivity contribution in [2.24, 2.45) is 0 Å². The molecular weight excluding hydrogens is 475 g/mol. The molecule has 4 rings (SSSR count). The van der Waals surface area contributed by atoms with E-state index in [1.54, 1.807) is 29.6 Å². The molecule has 35 heavy (non-hydrogen) atoms. The summed E-state index contributed by atoms with van der Waals surface area (Å²) in [6.45, 7) is -1.00. The van der Waals surface area contributed by atoms with Crippen molar-refractivity contribution in [2.75, 3.05) is 6.61 Å². The Morgan fingerprint density at radius 1 is 1.14 bits per heavy atom. The molecule has 1 aliphatic rings. The maximum Gasteiger partial charge on any atom is 0.471 e. The molecule has 5 N–H and O–H groups in total. The lowest BCUT2D eigenvalue weighted by Crippen LogP contribution is -2.60. The van der Waals surface area contributed by atoms with Crippen LogP contribution in [-0.2, 0) is 14.3 Å². The molecule has 13 heteroatoms. The molecule has 0 bridgehead atoms. The van der Waals surface area contributed by atoms with Gasteiger partial charge in [0.2, 0.25) is 5.76 Å². The van der Waals surface area contributed by atoms with Crippen LogP contribution in [0.25, 0.3) is 21.7 Å². The summed E-state index contributed by atoms with van der Waals surface area (Å²) < 4.78 is 45.6. The fourth-order valence-electron chi connectivity index (χ4n) is 4.01. The maximum atomic E-state index is 13.1. The van der Waals surface area contributed by atoms with Gasteiger partial charge in [0.05, 0.1) is 18.7 Å². The van der Waals surface area contributed by atoms with E-state index in [2.05, 4.69) is 5.10 Å².